The highest BCUT2D eigenvalue weighted by atomic mass is 16.1. The minimum absolute atomic E-state index is 0.431. The van der Waals surface area contributed by atoms with E-state index in [1.54, 1.807) is 18.2 Å². The van der Waals surface area contributed by atoms with Gasteiger partial charge in [0.2, 0.25) is 0 Å². The number of nitriles is 1. The zero-order chi connectivity index (χ0) is 9.52. The summed E-state index contributed by atoms with van der Waals surface area (Å²) in [6, 6.07) is 9.24. The van der Waals surface area contributed by atoms with Crippen LogP contribution in [0.1, 0.15) is 17.5 Å². The van der Waals surface area contributed by atoms with Gasteiger partial charge in [-0.3, -0.25) is 0 Å². The molecule has 0 saturated heterocycles. The molecule has 0 fully saturated rings. The number of carbonyl (C=O) groups is 1. The Morgan fingerprint density at radius 2 is 2.00 bits per heavy atom. The van der Waals surface area contributed by atoms with Crippen LogP contribution in [0.4, 0.5) is 0 Å². The fourth-order valence-electron chi connectivity index (χ4n) is 0.928. The molecule has 0 unspecified atom stereocenters. The number of carbonyl (C=O) groups excluding carboxylic acids is 1. The van der Waals surface area contributed by atoms with E-state index >= 15 is 0 Å². The van der Waals surface area contributed by atoms with Crippen LogP contribution in [0.5, 0.6) is 0 Å². The largest absolute Gasteiger partial charge is 0.303 e. The maximum atomic E-state index is 10.0. The molecule has 0 aromatic heterocycles. The van der Waals surface area contributed by atoms with Crippen molar-refractivity contribution in [2.24, 2.45) is 0 Å². The number of rotatable bonds is 3. The molecule has 0 radical (unpaired) electrons. The molecular formula is C11H9NO. The Balaban J connectivity index is 2.70. The van der Waals surface area contributed by atoms with Crippen molar-refractivity contribution in [3.8, 4) is 6.07 Å². The summed E-state index contributed by atoms with van der Waals surface area (Å²) in [6.45, 7) is 0. The van der Waals surface area contributed by atoms with Gasteiger partial charge in [-0.15, -0.1) is 0 Å². The topological polar surface area (TPSA) is 40.9 Å². The van der Waals surface area contributed by atoms with Crippen LogP contribution in [0.3, 0.4) is 0 Å². The molecule has 13 heavy (non-hydrogen) atoms. The molecular weight excluding hydrogens is 162 g/mol. The summed E-state index contributed by atoms with van der Waals surface area (Å²) in [5.41, 5.74) is 1.65. The van der Waals surface area contributed by atoms with Gasteiger partial charge in [0.15, 0.2) is 0 Å². The summed E-state index contributed by atoms with van der Waals surface area (Å²) in [6.07, 6.45) is 4.92. The first-order chi connectivity index (χ1) is 6.36. The molecule has 0 amide bonds. The van der Waals surface area contributed by atoms with Gasteiger partial charge < -0.3 is 4.79 Å². The average molecular weight is 171 g/mol. The lowest BCUT2D eigenvalue weighted by Crippen LogP contribution is -1.75. The van der Waals surface area contributed by atoms with Gasteiger partial charge in [-0.2, -0.15) is 5.26 Å². The summed E-state index contributed by atoms with van der Waals surface area (Å²) in [5, 5.41) is 8.53. The molecule has 0 aliphatic rings. The molecule has 0 aliphatic carbocycles. The minimum atomic E-state index is 0.431. The predicted molar refractivity (Wildman–Crippen MR) is 50.9 cm³/mol. The third-order valence-electron chi connectivity index (χ3n) is 1.58. The molecule has 1 rings (SSSR count). The second-order valence-electron chi connectivity index (χ2n) is 2.54. The van der Waals surface area contributed by atoms with E-state index in [2.05, 4.69) is 0 Å². The summed E-state index contributed by atoms with van der Waals surface area (Å²) >= 11 is 0. The zero-order valence-corrected chi connectivity index (χ0v) is 7.10. The Hall–Kier alpha value is -1.88. The molecule has 0 saturated carbocycles. The van der Waals surface area contributed by atoms with Crippen molar-refractivity contribution in [3.05, 3.63) is 41.5 Å². The van der Waals surface area contributed by atoms with Crippen molar-refractivity contribution in [1.82, 2.24) is 0 Å². The molecule has 0 atom stereocenters. The molecule has 1 aromatic carbocycles. The number of benzene rings is 1. The Kier molecular flexibility index (Phi) is 3.46. The molecule has 0 spiro atoms. The Bertz CT molecular complexity index is 343. The van der Waals surface area contributed by atoms with Gasteiger partial charge in [0.1, 0.15) is 6.29 Å². The predicted octanol–water partition coefficient (Wildman–Crippen LogP) is 2.16. The second-order valence-corrected chi connectivity index (χ2v) is 2.54. The number of hydrogen-bond donors (Lipinski definition) is 0. The first-order valence-corrected chi connectivity index (χ1v) is 3.97. The lowest BCUT2D eigenvalue weighted by molar-refractivity contribution is -0.107. The standard InChI is InChI=1S/C11H9NO/c12-9-11-6-4-10(5-7-11)3-1-2-8-13/h1,3-8H,2H2. The first-order valence-electron chi connectivity index (χ1n) is 3.97. The monoisotopic (exact) mass is 171 g/mol. The highest BCUT2D eigenvalue weighted by Gasteiger charge is 1.88. The van der Waals surface area contributed by atoms with E-state index in [9.17, 15) is 4.79 Å². The highest BCUT2D eigenvalue weighted by molar-refractivity contribution is 5.58. The third kappa shape index (κ3) is 2.92. The number of hydrogen-bond acceptors (Lipinski definition) is 2. The maximum absolute atomic E-state index is 10.0. The van der Waals surface area contributed by atoms with Crippen LogP contribution in [0.2, 0.25) is 0 Å². The third-order valence-corrected chi connectivity index (χ3v) is 1.58. The lowest BCUT2D eigenvalue weighted by Gasteiger charge is -1.91. The normalized spacial score (nSPS) is 9.77. The van der Waals surface area contributed by atoms with Gasteiger partial charge in [-0.05, 0) is 17.7 Å². The van der Waals surface area contributed by atoms with E-state index in [-0.39, 0.29) is 0 Å². The van der Waals surface area contributed by atoms with E-state index in [4.69, 9.17) is 5.26 Å². The van der Waals surface area contributed by atoms with Crippen LogP contribution < -0.4 is 0 Å². The number of nitrogens with zero attached hydrogens (tertiary/aromatic N) is 1. The fraction of sp³-hybridized carbons (Fsp3) is 0.0909. The molecule has 1 aromatic rings. The maximum Gasteiger partial charge on any atom is 0.123 e. The Morgan fingerprint density at radius 1 is 1.31 bits per heavy atom. The average Bonchev–Trinajstić information content (AvgIpc) is 2.19. The van der Waals surface area contributed by atoms with Gasteiger partial charge in [-0.1, -0.05) is 24.3 Å². The second kappa shape index (κ2) is 4.89. The van der Waals surface area contributed by atoms with Crippen LogP contribution in [-0.2, 0) is 4.79 Å². The molecule has 0 N–H and O–H groups in total. The summed E-state index contributed by atoms with van der Waals surface area (Å²) in [7, 11) is 0. The van der Waals surface area contributed by atoms with E-state index in [1.165, 1.54) is 0 Å². The smallest absolute Gasteiger partial charge is 0.123 e. The van der Waals surface area contributed by atoms with Crippen LogP contribution in [0.15, 0.2) is 30.3 Å². The van der Waals surface area contributed by atoms with Crippen molar-refractivity contribution in [3.63, 3.8) is 0 Å². The van der Waals surface area contributed by atoms with E-state index in [0.29, 0.717) is 12.0 Å². The first kappa shape index (κ1) is 9.21. The number of aldehydes is 1. The Labute approximate surface area is 77.1 Å². The fourth-order valence-corrected chi connectivity index (χ4v) is 0.928. The molecule has 0 bridgehead atoms. The number of allylic oxidation sites excluding steroid dienone is 1. The molecule has 0 heterocycles. The molecule has 64 valence electrons. The summed E-state index contributed by atoms with van der Waals surface area (Å²) in [5.74, 6) is 0. The quantitative estimate of drug-likeness (QED) is 0.654. The van der Waals surface area contributed by atoms with E-state index in [1.807, 2.05) is 24.3 Å². The molecule has 2 nitrogen and oxygen atoms in total. The summed E-state index contributed by atoms with van der Waals surface area (Å²) in [4.78, 5) is 10.0. The SMILES string of the molecule is N#Cc1ccc(C=CCC=O)cc1. The van der Waals surface area contributed by atoms with Crippen molar-refractivity contribution in [2.45, 2.75) is 6.42 Å². The van der Waals surface area contributed by atoms with Crippen LogP contribution >= 0.6 is 0 Å². The highest BCUT2D eigenvalue weighted by Crippen LogP contribution is 2.05. The van der Waals surface area contributed by atoms with Crippen LogP contribution in [0.25, 0.3) is 6.08 Å². The van der Waals surface area contributed by atoms with Gasteiger partial charge >= 0.3 is 0 Å². The van der Waals surface area contributed by atoms with E-state index in [0.717, 1.165) is 11.8 Å². The van der Waals surface area contributed by atoms with Crippen molar-refractivity contribution >= 4 is 12.4 Å². The molecule has 0 aliphatic heterocycles. The zero-order valence-electron chi connectivity index (χ0n) is 7.10. The van der Waals surface area contributed by atoms with Crippen LogP contribution in [-0.4, -0.2) is 6.29 Å². The lowest BCUT2D eigenvalue weighted by atomic mass is 10.1. The summed E-state index contributed by atoms with van der Waals surface area (Å²) < 4.78 is 0. The van der Waals surface area contributed by atoms with Crippen molar-refractivity contribution in [2.75, 3.05) is 0 Å². The van der Waals surface area contributed by atoms with Gasteiger partial charge in [0.05, 0.1) is 11.6 Å². The Morgan fingerprint density at radius 3 is 2.54 bits per heavy atom. The van der Waals surface area contributed by atoms with Gasteiger partial charge in [-0.25, -0.2) is 0 Å². The van der Waals surface area contributed by atoms with Crippen LogP contribution in [0, 0.1) is 11.3 Å². The van der Waals surface area contributed by atoms with Gasteiger partial charge in [0, 0.05) is 6.42 Å². The van der Waals surface area contributed by atoms with Crippen molar-refractivity contribution < 1.29 is 4.79 Å². The van der Waals surface area contributed by atoms with Gasteiger partial charge in [0.25, 0.3) is 0 Å². The molecule has 2 heteroatoms. The van der Waals surface area contributed by atoms with E-state index < -0.39 is 0 Å². The van der Waals surface area contributed by atoms with Crippen molar-refractivity contribution in [1.29, 1.82) is 5.26 Å². The minimum Gasteiger partial charge on any atom is -0.303 e.